The smallest absolute Gasteiger partial charge is 0.230 e. The molecule has 20 heavy (non-hydrogen) atoms. The molecule has 0 aliphatic heterocycles. The molecule has 0 amide bonds. The monoisotopic (exact) mass is 291 g/mol. The quantitative estimate of drug-likeness (QED) is 0.887. The number of benzene rings is 1. The molecule has 5 heteroatoms. The maximum Gasteiger partial charge on any atom is 0.230 e. The molecular formula is C15H21N3OS. The Hall–Kier alpha value is -1.59. The minimum Gasteiger partial charge on any atom is -0.480 e. The third-order valence-corrected chi connectivity index (χ3v) is 4.30. The van der Waals surface area contributed by atoms with E-state index >= 15 is 0 Å². The molecule has 108 valence electrons. The van der Waals surface area contributed by atoms with Crippen LogP contribution in [-0.2, 0) is 6.54 Å². The molecule has 4 nitrogen and oxygen atoms in total. The van der Waals surface area contributed by atoms with Crippen LogP contribution in [-0.4, -0.2) is 26.2 Å². The first-order chi connectivity index (χ1) is 9.61. The number of ether oxygens (including phenoxy) is 1. The van der Waals surface area contributed by atoms with Crippen molar-refractivity contribution in [2.24, 2.45) is 0 Å². The zero-order valence-corrected chi connectivity index (χ0v) is 13.2. The van der Waals surface area contributed by atoms with Crippen molar-refractivity contribution in [2.75, 3.05) is 26.1 Å². The van der Waals surface area contributed by atoms with E-state index in [1.54, 1.807) is 18.4 Å². The van der Waals surface area contributed by atoms with Gasteiger partial charge in [-0.25, -0.2) is 0 Å². The molecule has 0 unspecified atom stereocenters. The lowest BCUT2D eigenvalue weighted by Crippen LogP contribution is -2.17. The Morgan fingerprint density at radius 3 is 2.60 bits per heavy atom. The molecule has 1 N–H and O–H groups in total. The van der Waals surface area contributed by atoms with Crippen LogP contribution in [0.4, 0.5) is 5.13 Å². The van der Waals surface area contributed by atoms with E-state index in [0.717, 1.165) is 16.6 Å². The van der Waals surface area contributed by atoms with Crippen LogP contribution in [0.2, 0.25) is 0 Å². The van der Waals surface area contributed by atoms with Gasteiger partial charge >= 0.3 is 0 Å². The summed E-state index contributed by atoms with van der Waals surface area (Å²) in [5, 5.41) is 4.48. The first-order valence-corrected chi connectivity index (χ1v) is 7.42. The van der Waals surface area contributed by atoms with Gasteiger partial charge in [-0.05, 0) is 12.5 Å². The molecule has 1 aromatic heterocycles. The number of aromatic nitrogens is 1. The van der Waals surface area contributed by atoms with Crippen molar-refractivity contribution >= 4 is 16.5 Å². The summed E-state index contributed by atoms with van der Waals surface area (Å²) in [7, 11) is 5.64. The molecule has 1 heterocycles. The maximum atomic E-state index is 5.35. The second-order valence-corrected chi connectivity index (χ2v) is 5.90. The van der Waals surface area contributed by atoms with Crippen LogP contribution in [0.1, 0.15) is 23.4 Å². The number of methoxy groups -OCH3 is 1. The fourth-order valence-electron chi connectivity index (χ4n) is 1.89. The van der Waals surface area contributed by atoms with Crippen LogP contribution in [0.5, 0.6) is 5.88 Å². The van der Waals surface area contributed by atoms with Crippen LogP contribution in [0.15, 0.2) is 30.3 Å². The Labute approximate surface area is 124 Å². The third-order valence-electron chi connectivity index (χ3n) is 3.09. The molecule has 2 rings (SSSR count). The van der Waals surface area contributed by atoms with Gasteiger partial charge in [0.25, 0.3) is 0 Å². The van der Waals surface area contributed by atoms with Gasteiger partial charge in [0, 0.05) is 26.7 Å². The number of rotatable bonds is 6. The molecule has 0 fully saturated rings. The molecule has 0 saturated carbocycles. The Morgan fingerprint density at radius 1 is 1.30 bits per heavy atom. The van der Waals surface area contributed by atoms with E-state index in [2.05, 4.69) is 41.5 Å². The molecule has 1 aromatic carbocycles. The van der Waals surface area contributed by atoms with Crippen LogP contribution in [0, 0.1) is 0 Å². The topological polar surface area (TPSA) is 37.4 Å². The SMILES string of the molecule is COc1nc(N(C)C)sc1CN[C@@H](C)c1ccccc1. The Morgan fingerprint density at radius 2 is 2.00 bits per heavy atom. The highest BCUT2D eigenvalue weighted by atomic mass is 32.1. The zero-order chi connectivity index (χ0) is 14.5. The van der Waals surface area contributed by atoms with E-state index in [0.29, 0.717) is 11.9 Å². The summed E-state index contributed by atoms with van der Waals surface area (Å²) in [6.45, 7) is 2.92. The van der Waals surface area contributed by atoms with Crippen LogP contribution < -0.4 is 15.0 Å². The Bertz CT molecular complexity index is 539. The lowest BCUT2D eigenvalue weighted by molar-refractivity contribution is 0.393. The van der Waals surface area contributed by atoms with Gasteiger partial charge < -0.3 is 15.0 Å². The number of hydrogen-bond donors (Lipinski definition) is 1. The van der Waals surface area contributed by atoms with Crippen molar-refractivity contribution in [3.8, 4) is 5.88 Å². The Kier molecular flexibility index (Phi) is 4.98. The molecule has 0 bridgehead atoms. The first kappa shape index (κ1) is 14.8. The van der Waals surface area contributed by atoms with Crippen LogP contribution in [0.25, 0.3) is 0 Å². The fraction of sp³-hybridized carbons (Fsp3) is 0.400. The number of anilines is 1. The molecule has 0 radical (unpaired) electrons. The Balaban J connectivity index is 2.03. The summed E-state index contributed by atoms with van der Waals surface area (Å²) in [4.78, 5) is 7.58. The van der Waals surface area contributed by atoms with E-state index in [1.807, 2.05) is 25.1 Å². The van der Waals surface area contributed by atoms with E-state index in [4.69, 9.17) is 4.74 Å². The highest BCUT2D eigenvalue weighted by Gasteiger charge is 2.14. The van der Waals surface area contributed by atoms with E-state index < -0.39 is 0 Å². The van der Waals surface area contributed by atoms with Gasteiger partial charge in [0.2, 0.25) is 5.88 Å². The third kappa shape index (κ3) is 3.49. The van der Waals surface area contributed by atoms with Crippen molar-refractivity contribution in [3.05, 3.63) is 40.8 Å². The van der Waals surface area contributed by atoms with Gasteiger partial charge in [0.1, 0.15) is 0 Å². The summed E-state index contributed by atoms with van der Waals surface area (Å²) in [5.41, 5.74) is 1.28. The molecule has 2 aromatic rings. The predicted octanol–water partition coefficient (Wildman–Crippen LogP) is 3.07. The van der Waals surface area contributed by atoms with Crippen molar-refractivity contribution in [1.29, 1.82) is 0 Å². The molecule has 0 aliphatic rings. The molecule has 1 atom stereocenters. The number of nitrogens with one attached hydrogen (secondary N) is 1. The molecular weight excluding hydrogens is 270 g/mol. The largest absolute Gasteiger partial charge is 0.480 e. The average Bonchev–Trinajstić information content (AvgIpc) is 2.89. The highest BCUT2D eigenvalue weighted by molar-refractivity contribution is 7.15. The predicted molar refractivity (Wildman–Crippen MR) is 84.7 cm³/mol. The van der Waals surface area contributed by atoms with Crippen molar-refractivity contribution < 1.29 is 4.74 Å². The van der Waals surface area contributed by atoms with E-state index in [9.17, 15) is 0 Å². The van der Waals surface area contributed by atoms with Gasteiger partial charge in [-0.15, -0.1) is 0 Å². The van der Waals surface area contributed by atoms with Crippen LogP contribution >= 0.6 is 11.3 Å². The minimum absolute atomic E-state index is 0.297. The minimum atomic E-state index is 0.297. The summed E-state index contributed by atoms with van der Waals surface area (Å²) >= 11 is 1.66. The van der Waals surface area contributed by atoms with Gasteiger partial charge in [0.05, 0.1) is 12.0 Å². The molecule has 0 aliphatic carbocycles. The number of hydrogen-bond acceptors (Lipinski definition) is 5. The average molecular weight is 291 g/mol. The lowest BCUT2D eigenvalue weighted by atomic mass is 10.1. The second-order valence-electron chi connectivity index (χ2n) is 4.84. The van der Waals surface area contributed by atoms with Gasteiger partial charge in [-0.3, -0.25) is 0 Å². The summed E-state index contributed by atoms with van der Waals surface area (Å²) in [5.74, 6) is 0.714. The molecule has 0 spiro atoms. The summed E-state index contributed by atoms with van der Waals surface area (Å²) < 4.78 is 5.35. The maximum absolute atomic E-state index is 5.35. The highest BCUT2D eigenvalue weighted by Crippen LogP contribution is 2.30. The fourth-order valence-corrected chi connectivity index (χ4v) is 2.80. The number of nitrogens with zero attached hydrogens (tertiary/aromatic N) is 2. The van der Waals surface area contributed by atoms with E-state index in [1.165, 1.54) is 5.56 Å². The normalized spacial score (nSPS) is 12.2. The zero-order valence-electron chi connectivity index (χ0n) is 12.4. The van der Waals surface area contributed by atoms with Crippen molar-refractivity contribution in [1.82, 2.24) is 10.3 Å². The standard InChI is InChI=1S/C15H21N3OS/c1-11(12-8-6-5-7-9-12)16-10-13-14(19-4)17-15(20-13)18(2)3/h5-9,11,16H,10H2,1-4H3/t11-/m0/s1. The summed E-state index contributed by atoms with van der Waals surface area (Å²) in [6.07, 6.45) is 0. The lowest BCUT2D eigenvalue weighted by Gasteiger charge is -2.13. The van der Waals surface area contributed by atoms with Crippen molar-refractivity contribution in [3.63, 3.8) is 0 Å². The van der Waals surface area contributed by atoms with Crippen molar-refractivity contribution in [2.45, 2.75) is 19.5 Å². The van der Waals surface area contributed by atoms with Crippen LogP contribution in [0.3, 0.4) is 0 Å². The van der Waals surface area contributed by atoms with Gasteiger partial charge in [0.15, 0.2) is 5.13 Å². The second kappa shape index (κ2) is 6.72. The first-order valence-electron chi connectivity index (χ1n) is 6.61. The van der Waals surface area contributed by atoms with Gasteiger partial charge in [-0.1, -0.05) is 41.7 Å². The summed E-state index contributed by atoms with van der Waals surface area (Å²) in [6, 6.07) is 10.7. The molecule has 0 saturated heterocycles. The van der Waals surface area contributed by atoms with E-state index in [-0.39, 0.29) is 0 Å². The van der Waals surface area contributed by atoms with Gasteiger partial charge in [-0.2, -0.15) is 4.98 Å². The number of thiazole rings is 1.